The van der Waals surface area contributed by atoms with Gasteiger partial charge >= 0.3 is 6.18 Å². The molecule has 18 heavy (non-hydrogen) atoms. The maximum Gasteiger partial charge on any atom is 0.417 e. The molecule has 0 aliphatic heterocycles. The third-order valence-electron chi connectivity index (χ3n) is 2.71. The van der Waals surface area contributed by atoms with Crippen molar-refractivity contribution in [1.82, 2.24) is 9.55 Å². The lowest BCUT2D eigenvalue weighted by Crippen LogP contribution is -2.08. The van der Waals surface area contributed by atoms with Gasteiger partial charge in [-0.3, -0.25) is 0 Å². The molecule has 1 aromatic carbocycles. The van der Waals surface area contributed by atoms with Crippen LogP contribution in [0.5, 0.6) is 0 Å². The molecule has 0 atom stereocenters. The van der Waals surface area contributed by atoms with Crippen molar-refractivity contribution in [3.8, 4) is 11.3 Å². The van der Waals surface area contributed by atoms with Crippen LogP contribution < -0.4 is 5.73 Å². The van der Waals surface area contributed by atoms with Crippen molar-refractivity contribution < 1.29 is 13.2 Å². The van der Waals surface area contributed by atoms with Gasteiger partial charge in [0.1, 0.15) is 11.5 Å². The highest BCUT2D eigenvalue weighted by Gasteiger charge is 2.34. The van der Waals surface area contributed by atoms with Gasteiger partial charge in [0, 0.05) is 12.1 Å². The summed E-state index contributed by atoms with van der Waals surface area (Å²) < 4.78 is 40.2. The first-order valence-electron chi connectivity index (χ1n) is 5.42. The number of rotatable bonds is 2. The summed E-state index contributed by atoms with van der Waals surface area (Å²) in [6.45, 7) is 2.41. The Kier molecular flexibility index (Phi) is 3.02. The SMILES string of the molecule is CCn1cnc(-c2ccccc2C(F)(F)F)c1N. The maximum absolute atomic E-state index is 12.9. The molecule has 0 aliphatic rings. The number of nitrogens with zero attached hydrogens (tertiary/aromatic N) is 2. The highest BCUT2D eigenvalue weighted by atomic mass is 19.4. The van der Waals surface area contributed by atoms with Crippen LogP contribution in [0.3, 0.4) is 0 Å². The number of hydrogen-bond acceptors (Lipinski definition) is 2. The number of halogens is 3. The Morgan fingerprint density at radius 2 is 1.94 bits per heavy atom. The molecular formula is C12H12F3N3. The molecule has 0 bridgehead atoms. The molecule has 2 aromatic rings. The quantitative estimate of drug-likeness (QED) is 0.895. The van der Waals surface area contributed by atoms with E-state index in [1.54, 1.807) is 4.57 Å². The Morgan fingerprint density at radius 3 is 2.50 bits per heavy atom. The second kappa shape index (κ2) is 4.36. The topological polar surface area (TPSA) is 43.8 Å². The van der Waals surface area contributed by atoms with E-state index in [0.29, 0.717) is 6.54 Å². The summed E-state index contributed by atoms with van der Waals surface area (Å²) in [5.74, 6) is 0.245. The zero-order chi connectivity index (χ0) is 13.3. The molecule has 0 radical (unpaired) electrons. The molecule has 1 aromatic heterocycles. The third-order valence-corrected chi connectivity index (χ3v) is 2.71. The monoisotopic (exact) mass is 255 g/mol. The Labute approximate surface area is 102 Å². The van der Waals surface area contributed by atoms with E-state index in [2.05, 4.69) is 4.98 Å². The first-order chi connectivity index (χ1) is 8.45. The van der Waals surface area contributed by atoms with Crippen molar-refractivity contribution in [1.29, 1.82) is 0 Å². The molecule has 2 rings (SSSR count). The van der Waals surface area contributed by atoms with Crippen molar-refractivity contribution in [2.45, 2.75) is 19.6 Å². The van der Waals surface area contributed by atoms with Crippen LogP contribution in [0, 0.1) is 0 Å². The largest absolute Gasteiger partial charge is 0.417 e. The minimum atomic E-state index is -4.42. The zero-order valence-electron chi connectivity index (χ0n) is 9.70. The van der Waals surface area contributed by atoms with Gasteiger partial charge in [-0.15, -0.1) is 0 Å². The number of anilines is 1. The number of nitrogen functional groups attached to an aromatic ring is 1. The van der Waals surface area contributed by atoms with Crippen LogP contribution in [0.15, 0.2) is 30.6 Å². The number of hydrogen-bond donors (Lipinski definition) is 1. The molecule has 0 amide bonds. The van der Waals surface area contributed by atoms with Crippen LogP contribution >= 0.6 is 0 Å². The van der Waals surface area contributed by atoms with Crippen LogP contribution in [0.4, 0.5) is 19.0 Å². The fraction of sp³-hybridized carbons (Fsp3) is 0.250. The van der Waals surface area contributed by atoms with E-state index in [9.17, 15) is 13.2 Å². The standard InChI is InChI=1S/C12H12F3N3/c1-2-18-7-17-10(11(18)16)8-5-3-4-6-9(8)12(13,14)15/h3-7H,2,16H2,1H3. The summed E-state index contributed by atoms with van der Waals surface area (Å²) in [7, 11) is 0. The summed E-state index contributed by atoms with van der Waals surface area (Å²) >= 11 is 0. The molecule has 6 heteroatoms. The van der Waals surface area contributed by atoms with E-state index in [1.165, 1.54) is 24.5 Å². The van der Waals surface area contributed by atoms with Crippen LogP contribution in [-0.4, -0.2) is 9.55 Å². The van der Waals surface area contributed by atoms with Crippen molar-refractivity contribution in [3.05, 3.63) is 36.2 Å². The molecule has 0 saturated carbocycles. The first kappa shape index (κ1) is 12.5. The summed E-state index contributed by atoms with van der Waals surface area (Å²) in [5.41, 5.74) is 5.25. The molecule has 0 aliphatic carbocycles. The minimum absolute atomic E-state index is 0.00898. The molecule has 0 unspecified atom stereocenters. The van der Waals surface area contributed by atoms with Gasteiger partial charge in [0.15, 0.2) is 0 Å². The van der Waals surface area contributed by atoms with Crippen molar-refractivity contribution in [2.24, 2.45) is 0 Å². The van der Waals surface area contributed by atoms with E-state index in [4.69, 9.17) is 5.73 Å². The highest BCUT2D eigenvalue weighted by Crippen LogP contribution is 2.37. The van der Waals surface area contributed by atoms with Crippen molar-refractivity contribution in [3.63, 3.8) is 0 Å². The normalized spacial score (nSPS) is 11.8. The summed E-state index contributed by atoms with van der Waals surface area (Å²) in [5, 5.41) is 0. The van der Waals surface area contributed by atoms with Crippen LogP contribution in [-0.2, 0) is 12.7 Å². The number of benzene rings is 1. The van der Waals surface area contributed by atoms with E-state index < -0.39 is 11.7 Å². The van der Waals surface area contributed by atoms with Gasteiger partial charge in [-0.05, 0) is 13.0 Å². The third kappa shape index (κ3) is 2.05. The second-order valence-corrected chi connectivity index (χ2v) is 3.81. The summed E-state index contributed by atoms with van der Waals surface area (Å²) in [6, 6.07) is 5.29. The lowest BCUT2D eigenvalue weighted by Gasteiger charge is -2.11. The van der Waals surface area contributed by atoms with Gasteiger partial charge < -0.3 is 10.3 Å². The average Bonchev–Trinajstić information content (AvgIpc) is 2.69. The maximum atomic E-state index is 12.9. The fourth-order valence-corrected chi connectivity index (χ4v) is 1.79. The van der Waals surface area contributed by atoms with E-state index >= 15 is 0 Å². The molecule has 0 spiro atoms. The molecule has 2 N–H and O–H groups in total. The number of alkyl halides is 3. The summed E-state index contributed by atoms with van der Waals surface area (Å²) in [4.78, 5) is 3.97. The lowest BCUT2D eigenvalue weighted by molar-refractivity contribution is -0.137. The number of aromatic nitrogens is 2. The van der Waals surface area contributed by atoms with Crippen LogP contribution in [0.1, 0.15) is 12.5 Å². The first-order valence-corrected chi connectivity index (χ1v) is 5.42. The number of imidazole rings is 1. The molecule has 1 heterocycles. The molecular weight excluding hydrogens is 243 g/mol. The van der Waals surface area contributed by atoms with Gasteiger partial charge in [-0.1, -0.05) is 18.2 Å². The van der Waals surface area contributed by atoms with Gasteiger partial charge in [-0.2, -0.15) is 13.2 Å². The van der Waals surface area contributed by atoms with Crippen LogP contribution in [0.25, 0.3) is 11.3 Å². The van der Waals surface area contributed by atoms with Gasteiger partial charge in [0.25, 0.3) is 0 Å². The highest BCUT2D eigenvalue weighted by molar-refractivity contribution is 5.73. The molecule has 0 saturated heterocycles. The van der Waals surface area contributed by atoms with Crippen LogP contribution in [0.2, 0.25) is 0 Å². The van der Waals surface area contributed by atoms with E-state index in [1.807, 2.05) is 6.92 Å². The van der Waals surface area contributed by atoms with E-state index in [-0.39, 0.29) is 17.1 Å². The Balaban J connectivity index is 2.61. The Morgan fingerprint density at radius 1 is 1.28 bits per heavy atom. The predicted octanol–water partition coefficient (Wildman–Crippen LogP) is 3.17. The smallest absolute Gasteiger partial charge is 0.383 e. The average molecular weight is 255 g/mol. The minimum Gasteiger partial charge on any atom is -0.383 e. The van der Waals surface area contributed by atoms with Gasteiger partial charge in [0.2, 0.25) is 0 Å². The zero-order valence-corrected chi connectivity index (χ0v) is 9.70. The van der Waals surface area contributed by atoms with Crippen molar-refractivity contribution >= 4 is 5.82 Å². The van der Waals surface area contributed by atoms with Gasteiger partial charge in [0.05, 0.1) is 11.9 Å². The van der Waals surface area contributed by atoms with Crippen molar-refractivity contribution in [2.75, 3.05) is 5.73 Å². The van der Waals surface area contributed by atoms with E-state index in [0.717, 1.165) is 6.07 Å². The molecule has 96 valence electrons. The fourth-order valence-electron chi connectivity index (χ4n) is 1.79. The summed E-state index contributed by atoms with van der Waals surface area (Å²) in [6.07, 6.45) is -2.98. The Hall–Kier alpha value is -1.98. The predicted molar refractivity (Wildman–Crippen MR) is 62.8 cm³/mol. The molecule has 0 fully saturated rings. The van der Waals surface area contributed by atoms with Gasteiger partial charge in [-0.25, -0.2) is 4.98 Å². The lowest BCUT2D eigenvalue weighted by atomic mass is 10.0. The second-order valence-electron chi connectivity index (χ2n) is 3.81. The number of nitrogens with two attached hydrogens (primary N) is 1. The molecule has 3 nitrogen and oxygen atoms in total. The number of aryl methyl sites for hydroxylation is 1. The Bertz CT molecular complexity index is 558.